The van der Waals surface area contributed by atoms with Crippen LogP contribution in [0.25, 0.3) is 0 Å². The van der Waals surface area contributed by atoms with Crippen LogP contribution in [0.4, 0.5) is 0 Å². The molecule has 0 bridgehead atoms. The zero-order valence-electron chi connectivity index (χ0n) is 14.3. The third kappa shape index (κ3) is 4.65. The Morgan fingerprint density at radius 3 is 2.58 bits per heavy atom. The van der Waals surface area contributed by atoms with E-state index in [1.54, 1.807) is 0 Å². The normalized spacial score (nSPS) is 16.2. The number of hydrogen-bond donors (Lipinski definition) is 1. The van der Waals surface area contributed by atoms with Crippen molar-refractivity contribution in [2.24, 2.45) is 5.92 Å². The van der Waals surface area contributed by atoms with Gasteiger partial charge in [-0.2, -0.15) is 0 Å². The average Bonchev–Trinajstić information content (AvgIpc) is 2.61. The minimum Gasteiger partial charge on any atom is -0.493 e. The molecular formula is C20H25NO3. The lowest BCUT2D eigenvalue weighted by atomic mass is 10.2. The molecule has 0 fully saturated rings. The number of fused-ring (bicyclic) bond motifs is 1. The van der Waals surface area contributed by atoms with Gasteiger partial charge in [0.2, 0.25) is 0 Å². The first kappa shape index (κ1) is 16.7. The van der Waals surface area contributed by atoms with Crippen LogP contribution in [0.2, 0.25) is 0 Å². The van der Waals surface area contributed by atoms with Crippen LogP contribution in [0.1, 0.15) is 19.4 Å². The number of hydrogen-bond acceptors (Lipinski definition) is 4. The van der Waals surface area contributed by atoms with E-state index in [1.165, 1.54) is 5.56 Å². The first-order valence-electron chi connectivity index (χ1n) is 8.51. The van der Waals surface area contributed by atoms with Crippen molar-refractivity contribution in [1.82, 2.24) is 5.32 Å². The molecule has 2 aromatic rings. The number of rotatable bonds is 7. The van der Waals surface area contributed by atoms with Gasteiger partial charge in [-0.3, -0.25) is 0 Å². The van der Waals surface area contributed by atoms with Gasteiger partial charge in [0, 0.05) is 13.1 Å². The minimum atomic E-state index is 0.0357. The van der Waals surface area contributed by atoms with Crippen LogP contribution < -0.4 is 19.5 Å². The van der Waals surface area contributed by atoms with Crippen molar-refractivity contribution in [2.45, 2.75) is 26.5 Å². The zero-order chi connectivity index (χ0) is 16.8. The van der Waals surface area contributed by atoms with E-state index < -0.39 is 0 Å². The number of benzene rings is 2. The van der Waals surface area contributed by atoms with Gasteiger partial charge in [0.1, 0.15) is 18.5 Å². The Morgan fingerprint density at radius 2 is 1.83 bits per heavy atom. The predicted octanol–water partition coefficient (Wildman–Crippen LogP) is 3.65. The smallest absolute Gasteiger partial charge is 0.161 e. The fourth-order valence-electron chi connectivity index (χ4n) is 2.51. The molecule has 1 N–H and O–H groups in total. The molecule has 0 amide bonds. The van der Waals surface area contributed by atoms with Crippen LogP contribution in [0.15, 0.2) is 48.5 Å². The van der Waals surface area contributed by atoms with Gasteiger partial charge in [-0.1, -0.05) is 38.1 Å². The first-order valence-corrected chi connectivity index (χ1v) is 8.51. The van der Waals surface area contributed by atoms with Crippen molar-refractivity contribution >= 4 is 0 Å². The summed E-state index contributed by atoms with van der Waals surface area (Å²) in [5.41, 5.74) is 1.23. The van der Waals surface area contributed by atoms with E-state index in [9.17, 15) is 0 Å². The van der Waals surface area contributed by atoms with Crippen molar-refractivity contribution in [3.05, 3.63) is 54.1 Å². The fourth-order valence-corrected chi connectivity index (χ4v) is 2.51. The van der Waals surface area contributed by atoms with Crippen molar-refractivity contribution in [3.8, 4) is 17.2 Å². The van der Waals surface area contributed by atoms with Crippen LogP contribution in [-0.2, 0) is 6.54 Å². The lowest BCUT2D eigenvalue weighted by Crippen LogP contribution is -2.38. The monoisotopic (exact) mass is 327 g/mol. The molecule has 3 rings (SSSR count). The van der Waals surface area contributed by atoms with Gasteiger partial charge < -0.3 is 19.5 Å². The third-order valence-corrected chi connectivity index (χ3v) is 3.78. The molecule has 1 aliphatic heterocycles. The summed E-state index contributed by atoms with van der Waals surface area (Å²) >= 11 is 0. The maximum absolute atomic E-state index is 5.94. The molecule has 0 radical (unpaired) electrons. The van der Waals surface area contributed by atoms with Crippen LogP contribution in [0.3, 0.4) is 0 Å². The Kier molecular flexibility index (Phi) is 5.59. The summed E-state index contributed by atoms with van der Waals surface area (Å²) in [5, 5.41) is 3.43. The van der Waals surface area contributed by atoms with Crippen molar-refractivity contribution in [1.29, 1.82) is 0 Å². The van der Waals surface area contributed by atoms with Crippen molar-refractivity contribution < 1.29 is 14.2 Å². The summed E-state index contributed by atoms with van der Waals surface area (Å²) in [6.45, 7) is 7.16. The second-order valence-electron chi connectivity index (χ2n) is 6.48. The van der Waals surface area contributed by atoms with Gasteiger partial charge in [0.15, 0.2) is 11.5 Å². The molecule has 24 heavy (non-hydrogen) atoms. The Balaban J connectivity index is 1.42. The Morgan fingerprint density at radius 1 is 1.08 bits per heavy atom. The molecule has 128 valence electrons. The Bertz CT molecular complexity index is 640. The number of nitrogens with one attached hydrogen (secondary N) is 1. The van der Waals surface area contributed by atoms with E-state index in [2.05, 4.69) is 31.3 Å². The van der Waals surface area contributed by atoms with Crippen molar-refractivity contribution in [2.75, 3.05) is 19.8 Å². The summed E-state index contributed by atoms with van der Waals surface area (Å²) in [5.74, 6) is 3.11. The highest BCUT2D eigenvalue weighted by atomic mass is 16.6. The van der Waals surface area contributed by atoms with E-state index in [-0.39, 0.29) is 6.10 Å². The summed E-state index contributed by atoms with van der Waals surface area (Å²) in [4.78, 5) is 0. The molecule has 4 heteroatoms. The van der Waals surface area contributed by atoms with Crippen LogP contribution in [-0.4, -0.2) is 25.9 Å². The molecule has 1 aliphatic rings. The van der Waals surface area contributed by atoms with Crippen LogP contribution in [0.5, 0.6) is 17.2 Å². The van der Waals surface area contributed by atoms with Gasteiger partial charge in [-0.05, 0) is 35.7 Å². The van der Waals surface area contributed by atoms with Crippen LogP contribution >= 0.6 is 0 Å². The molecule has 1 heterocycles. The summed E-state index contributed by atoms with van der Waals surface area (Å²) < 4.78 is 17.4. The third-order valence-electron chi connectivity index (χ3n) is 3.78. The standard InChI is InChI=1S/C20H25NO3/c1-15(2)13-22-17-9-7-16(8-10-17)11-21-12-18-14-23-19-5-3-4-6-20(19)24-18/h3-10,15,18,21H,11-14H2,1-2H3. The van der Waals surface area contributed by atoms with E-state index in [0.29, 0.717) is 12.5 Å². The van der Waals surface area contributed by atoms with E-state index in [4.69, 9.17) is 14.2 Å². The number of ether oxygens (including phenoxy) is 3. The van der Waals surface area contributed by atoms with E-state index in [0.717, 1.165) is 36.9 Å². The second kappa shape index (κ2) is 8.06. The molecule has 0 aromatic heterocycles. The molecular weight excluding hydrogens is 302 g/mol. The summed E-state index contributed by atoms with van der Waals surface area (Å²) in [7, 11) is 0. The Hall–Kier alpha value is -2.20. The molecule has 0 saturated carbocycles. The quantitative estimate of drug-likeness (QED) is 0.842. The average molecular weight is 327 g/mol. The lowest BCUT2D eigenvalue weighted by molar-refractivity contribution is 0.0902. The molecule has 1 unspecified atom stereocenters. The Labute approximate surface area is 143 Å². The molecule has 0 aliphatic carbocycles. The summed E-state index contributed by atoms with van der Waals surface area (Å²) in [6, 6.07) is 16.0. The molecule has 4 nitrogen and oxygen atoms in total. The second-order valence-corrected chi connectivity index (χ2v) is 6.48. The first-order chi connectivity index (χ1) is 11.7. The zero-order valence-corrected chi connectivity index (χ0v) is 14.3. The number of para-hydroxylation sites is 2. The highest BCUT2D eigenvalue weighted by molar-refractivity contribution is 5.40. The van der Waals surface area contributed by atoms with Gasteiger partial charge >= 0.3 is 0 Å². The van der Waals surface area contributed by atoms with E-state index >= 15 is 0 Å². The fraction of sp³-hybridized carbons (Fsp3) is 0.400. The SMILES string of the molecule is CC(C)COc1ccc(CNCC2COc3ccccc3O2)cc1. The largest absolute Gasteiger partial charge is 0.493 e. The maximum atomic E-state index is 5.94. The van der Waals surface area contributed by atoms with Gasteiger partial charge in [-0.25, -0.2) is 0 Å². The topological polar surface area (TPSA) is 39.7 Å². The molecule has 2 aromatic carbocycles. The molecule has 0 saturated heterocycles. The van der Waals surface area contributed by atoms with Crippen LogP contribution in [0, 0.1) is 5.92 Å². The summed E-state index contributed by atoms with van der Waals surface area (Å²) in [6.07, 6.45) is 0.0357. The predicted molar refractivity (Wildman–Crippen MR) is 94.8 cm³/mol. The highest BCUT2D eigenvalue weighted by Crippen LogP contribution is 2.30. The lowest BCUT2D eigenvalue weighted by Gasteiger charge is -2.26. The highest BCUT2D eigenvalue weighted by Gasteiger charge is 2.19. The van der Waals surface area contributed by atoms with Gasteiger partial charge in [-0.15, -0.1) is 0 Å². The molecule has 0 spiro atoms. The molecule has 1 atom stereocenters. The van der Waals surface area contributed by atoms with Gasteiger partial charge in [0.05, 0.1) is 6.61 Å². The maximum Gasteiger partial charge on any atom is 0.161 e. The van der Waals surface area contributed by atoms with Gasteiger partial charge in [0.25, 0.3) is 0 Å². The van der Waals surface area contributed by atoms with Crippen molar-refractivity contribution in [3.63, 3.8) is 0 Å². The van der Waals surface area contributed by atoms with E-state index in [1.807, 2.05) is 36.4 Å². The minimum absolute atomic E-state index is 0.0357.